The lowest BCUT2D eigenvalue weighted by molar-refractivity contribution is -0.392. The zero-order valence-corrected chi connectivity index (χ0v) is 31.4. The summed E-state index contributed by atoms with van der Waals surface area (Å²) in [7, 11) is 0. The van der Waals surface area contributed by atoms with Gasteiger partial charge in [-0.05, 0) is 0 Å². The lowest BCUT2D eigenvalue weighted by Gasteiger charge is -2.51. The molecule has 0 aliphatic carbocycles. The molecule has 0 spiro atoms. The zero-order chi connectivity index (χ0) is 46.2. The standard InChI is InChI=1S/C32H50O29/c33-5-11(38)21-17(42)9(36)1-30(59-21,26(48)49)55-8-14(41)24-20(45)16(57-31(27(50)51)2-10(37)18(43)22(60-31)12(39)6-34)4-32(61-24,28(52)53)56-15-3-29(54,25(46)47)58-23(19(15)44)13(40)7-35/h9-24,33-45,54H,1-8H2,(H,46,47)(H,48,49)(H,50,51)(H,52,53)/t9-,10-,11?,12-,13-,14-,15-,16-,17-,18-,19-,20-,21-,22-,23-,24-,29-,30-,31-,32-/m1/s1. The Kier molecular flexibility index (Phi) is 16.1. The van der Waals surface area contributed by atoms with Gasteiger partial charge in [0.05, 0.1) is 50.8 Å². The molecule has 0 amide bonds. The van der Waals surface area contributed by atoms with Crippen LogP contribution in [0, 0.1) is 0 Å². The monoisotopic (exact) mass is 898 g/mol. The van der Waals surface area contributed by atoms with Crippen molar-refractivity contribution in [3.8, 4) is 0 Å². The van der Waals surface area contributed by atoms with Gasteiger partial charge in [0.15, 0.2) is 0 Å². The van der Waals surface area contributed by atoms with Gasteiger partial charge in [-0.25, -0.2) is 19.2 Å². The summed E-state index contributed by atoms with van der Waals surface area (Å²) in [5, 5.41) is 186. The molecule has 29 nitrogen and oxygen atoms in total. The predicted molar refractivity (Wildman–Crippen MR) is 179 cm³/mol. The predicted octanol–water partition coefficient (Wildman–Crippen LogP) is -10.4. The molecule has 4 fully saturated rings. The van der Waals surface area contributed by atoms with Crippen LogP contribution in [0.15, 0.2) is 0 Å². The third kappa shape index (κ3) is 10.1. The fourth-order valence-corrected chi connectivity index (χ4v) is 7.31. The molecule has 4 heterocycles. The summed E-state index contributed by atoms with van der Waals surface area (Å²) in [6.07, 6.45) is -41.3. The Hall–Kier alpha value is -2.96. The Morgan fingerprint density at radius 3 is 1.23 bits per heavy atom. The highest BCUT2D eigenvalue weighted by Crippen LogP contribution is 2.43. The lowest BCUT2D eigenvalue weighted by atomic mass is 9.89. The summed E-state index contributed by atoms with van der Waals surface area (Å²) in [5.74, 6) is -22.1. The third-order valence-corrected chi connectivity index (χ3v) is 10.7. The molecule has 0 radical (unpaired) electrons. The van der Waals surface area contributed by atoms with Gasteiger partial charge in [-0.3, -0.25) is 0 Å². The third-order valence-electron chi connectivity index (χ3n) is 10.7. The maximum absolute atomic E-state index is 13.2. The molecular formula is C32H50O29. The fourth-order valence-electron chi connectivity index (χ4n) is 7.31. The molecule has 4 aliphatic rings. The van der Waals surface area contributed by atoms with Crippen LogP contribution in [0.5, 0.6) is 0 Å². The number of rotatable bonds is 18. The van der Waals surface area contributed by atoms with Crippen molar-refractivity contribution in [3.63, 3.8) is 0 Å². The topological polar surface area (TPSA) is 497 Å². The molecule has 1 unspecified atom stereocenters. The smallest absolute Gasteiger partial charge is 0.364 e. The van der Waals surface area contributed by atoms with E-state index in [4.69, 9.17) is 33.2 Å². The second-order valence-electron chi connectivity index (χ2n) is 14.9. The quantitative estimate of drug-likeness (QED) is 0.0607. The first-order valence-electron chi connectivity index (χ1n) is 18.3. The SMILES string of the molecule is O=C(O)[C@@]1(O[C@@H]2C[C@](O[C@@H]3C[C@](O)(C(=O)O)O[C@H]([C@H](O)CO)[C@@H]3O)(C(=O)O)O[C@H]([C@H](O)CO[C@]3(C(=O)O)C[C@@H](O)[C@@H](O)[C@@H](C(O)CO)O3)[C@@H]2O)C[C@@H](O)[C@@H](O)[C@@H]([C@H](O)CO)O1. The van der Waals surface area contributed by atoms with E-state index in [1.54, 1.807) is 0 Å². The fraction of sp³-hybridized carbons (Fsp3) is 0.875. The van der Waals surface area contributed by atoms with Crippen molar-refractivity contribution in [2.75, 3.05) is 26.4 Å². The van der Waals surface area contributed by atoms with Crippen LogP contribution in [0.25, 0.3) is 0 Å². The van der Waals surface area contributed by atoms with E-state index in [9.17, 15) is 111 Å². The van der Waals surface area contributed by atoms with Crippen molar-refractivity contribution < 1.29 is 144 Å². The van der Waals surface area contributed by atoms with Crippen LogP contribution in [0.1, 0.15) is 25.7 Å². The number of hydrogen-bond donors (Lipinski definition) is 18. The molecule has 0 aromatic rings. The molecule has 61 heavy (non-hydrogen) atoms. The number of aliphatic carboxylic acids is 4. The summed E-state index contributed by atoms with van der Waals surface area (Å²) in [4.78, 5) is 50.5. The van der Waals surface area contributed by atoms with E-state index >= 15 is 0 Å². The highest BCUT2D eigenvalue weighted by atomic mass is 16.8. The van der Waals surface area contributed by atoms with Gasteiger partial charge in [0.1, 0.15) is 73.2 Å². The zero-order valence-electron chi connectivity index (χ0n) is 31.4. The minimum Gasteiger partial charge on any atom is -0.477 e. The summed E-state index contributed by atoms with van der Waals surface area (Å²) < 4.78 is 37.3. The summed E-state index contributed by atoms with van der Waals surface area (Å²) in [6, 6.07) is 0. The van der Waals surface area contributed by atoms with Crippen molar-refractivity contribution in [2.24, 2.45) is 0 Å². The lowest BCUT2D eigenvalue weighted by Crippen LogP contribution is -2.70. The Bertz CT molecular complexity index is 1550. The Balaban J connectivity index is 1.80. The highest BCUT2D eigenvalue weighted by Gasteiger charge is 2.64. The molecule has 4 aliphatic heterocycles. The second-order valence-corrected chi connectivity index (χ2v) is 14.9. The molecule has 4 rings (SSSR count). The van der Waals surface area contributed by atoms with E-state index in [-0.39, 0.29) is 0 Å². The number of aliphatic hydroxyl groups is 14. The molecule has 18 N–H and O–H groups in total. The second kappa shape index (κ2) is 19.4. The van der Waals surface area contributed by atoms with Crippen LogP contribution in [0.2, 0.25) is 0 Å². The average Bonchev–Trinajstić information content (AvgIpc) is 3.20. The molecular weight excluding hydrogens is 848 g/mol. The van der Waals surface area contributed by atoms with Gasteiger partial charge in [-0.15, -0.1) is 0 Å². The van der Waals surface area contributed by atoms with Gasteiger partial charge in [0.25, 0.3) is 23.1 Å². The average molecular weight is 899 g/mol. The maximum Gasteiger partial charge on any atom is 0.364 e. The Labute approximate surface area is 341 Å². The van der Waals surface area contributed by atoms with Crippen LogP contribution in [-0.4, -0.2) is 263 Å². The Morgan fingerprint density at radius 2 is 0.836 bits per heavy atom. The molecule has 29 heteroatoms. The van der Waals surface area contributed by atoms with E-state index < -0.39 is 197 Å². The van der Waals surface area contributed by atoms with Crippen LogP contribution in [0.3, 0.4) is 0 Å². The van der Waals surface area contributed by atoms with Crippen molar-refractivity contribution >= 4 is 23.9 Å². The number of aliphatic hydroxyl groups excluding tert-OH is 13. The van der Waals surface area contributed by atoms with E-state index in [0.29, 0.717) is 0 Å². The maximum atomic E-state index is 13.2. The van der Waals surface area contributed by atoms with E-state index in [2.05, 4.69) is 0 Å². The number of hydrogen-bond acceptors (Lipinski definition) is 25. The highest BCUT2D eigenvalue weighted by molar-refractivity contribution is 5.78. The molecule has 352 valence electrons. The number of carbonyl (C=O) groups is 4. The van der Waals surface area contributed by atoms with Crippen LogP contribution >= 0.6 is 0 Å². The van der Waals surface area contributed by atoms with E-state index in [0.717, 1.165) is 0 Å². The summed E-state index contributed by atoms with van der Waals surface area (Å²) in [6.45, 7) is -5.05. The van der Waals surface area contributed by atoms with Gasteiger partial charge < -0.3 is 125 Å². The number of ether oxygens (including phenoxy) is 7. The minimum absolute atomic E-state index is 1.14. The van der Waals surface area contributed by atoms with Crippen LogP contribution < -0.4 is 0 Å². The summed E-state index contributed by atoms with van der Waals surface area (Å²) in [5.41, 5.74) is 0. The van der Waals surface area contributed by atoms with Gasteiger partial charge in [-0.1, -0.05) is 0 Å². The van der Waals surface area contributed by atoms with Gasteiger partial charge in [0.2, 0.25) is 0 Å². The van der Waals surface area contributed by atoms with Crippen molar-refractivity contribution in [3.05, 3.63) is 0 Å². The van der Waals surface area contributed by atoms with Crippen LogP contribution in [0.4, 0.5) is 0 Å². The van der Waals surface area contributed by atoms with Crippen molar-refractivity contribution in [2.45, 2.75) is 146 Å². The molecule has 0 aromatic carbocycles. The van der Waals surface area contributed by atoms with Crippen LogP contribution in [-0.2, 0) is 52.3 Å². The van der Waals surface area contributed by atoms with Gasteiger partial charge >= 0.3 is 23.9 Å². The number of carboxylic acids is 4. The molecule has 20 atom stereocenters. The molecule has 0 aromatic heterocycles. The number of carboxylic acid groups (broad SMARTS) is 4. The first kappa shape index (κ1) is 50.7. The van der Waals surface area contributed by atoms with Gasteiger partial charge in [-0.2, -0.15) is 0 Å². The molecule has 4 saturated heterocycles. The normalized spacial score (nSPS) is 44.0. The van der Waals surface area contributed by atoms with E-state index in [1.165, 1.54) is 0 Å². The Morgan fingerprint density at radius 1 is 0.492 bits per heavy atom. The van der Waals surface area contributed by atoms with Crippen molar-refractivity contribution in [1.29, 1.82) is 0 Å². The first-order chi connectivity index (χ1) is 28.3. The van der Waals surface area contributed by atoms with E-state index in [1.807, 2.05) is 0 Å². The first-order valence-corrected chi connectivity index (χ1v) is 18.3. The minimum atomic E-state index is -3.54. The van der Waals surface area contributed by atoms with Crippen molar-refractivity contribution in [1.82, 2.24) is 0 Å². The molecule has 0 saturated carbocycles. The van der Waals surface area contributed by atoms with Gasteiger partial charge in [0, 0.05) is 25.7 Å². The molecule has 0 bridgehead atoms. The largest absolute Gasteiger partial charge is 0.477 e. The summed E-state index contributed by atoms with van der Waals surface area (Å²) >= 11 is 0.